The van der Waals surface area contributed by atoms with Crippen LogP contribution in [0.4, 0.5) is 0 Å². The topological polar surface area (TPSA) is 59.1 Å². The Hall–Kier alpha value is -3.02. The van der Waals surface area contributed by atoms with Crippen molar-refractivity contribution < 1.29 is 19.1 Å². The van der Waals surface area contributed by atoms with Gasteiger partial charge in [-0.15, -0.1) is 0 Å². The van der Waals surface area contributed by atoms with E-state index < -0.39 is 0 Å². The van der Waals surface area contributed by atoms with Crippen LogP contribution >= 0.6 is 0 Å². The summed E-state index contributed by atoms with van der Waals surface area (Å²) in [5.74, 6) is 1.84. The first-order valence-electron chi connectivity index (χ1n) is 11.6. The number of hydrogen-bond acceptors (Lipinski definition) is 4. The maximum atomic E-state index is 12.8. The summed E-state index contributed by atoms with van der Waals surface area (Å²) >= 11 is 0. The summed E-state index contributed by atoms with van der Waals surface area (Å²) in [6.45, 7) is 2.97. The number of rotatable bonds is 8. The molecule has 0 radical (unpaired) electrons. The molecule has 2 saturated heterocycles. The summed E-state index contributed by atoms with van der Waals surface area (Å²) in [6.07, 6.45) is 5.36. The zero-order valence-electron chi connectivity index (χ0n) is 18.8. The highest BCUT2D eigenvalue weighted by molar-refractivity contribution is 5.94. The first-order valence-corrected chi connectivity index (χ1v) is 11.6. The van der Waals surface area contributed by atoms with E-state index in [1.807, 2.05) is 58.3 Å². The normalized spacial score (nSPS) is 18.1. The SMILES string of the molecule is COc1ccc(CCC(=O)N2CCCC2COc2ccc(C(=O)N3CCCC3)cc2)cc1. The molecular formula is C26H32N2O4. The van der Waals surface area contributed by atoms with Gasteiger partial charge in [-0.05, 0) is 74.1 Å². The van der Waals surface area contributed by atoms with Gasteiger partial charge in [-0.2, -0.15) is 0 Å². The third-order valence-corrected chi connectivity index (χ3v) is 6.42. The molecular weight excluding hydrogens is 404 g/mol. The van der Waals surface area contributed by atoms with Crippen LogP contribution in [0.2, 0.25) is 0 Å². The molecule has 2 aliphatic heterocycles. The molecule has 0 N–H and O–H groups in total. The van der Waals surface area contributed by atoms with E-state index in [1.54, 1.807) is 7.11 Å². The molecule has 2 aromatic rings. The van der Waals surface area contributed by atoms with Crippen LogP contribution in [-0.2, 0) is 11.2 Å². The maximum absolute atomic E-state index is 12.8. The van der Waals surface area contributed by atoms with Crippen LogP contribution in [0.5, 0.6) is 11.5 Å². The zero-order chi connectivity index (χ0) is 22.3. The van der Waals surface area contributed by atoms with E-state index >= 15 is 0 Å². The van der Waals surface area contributed by atoms with Gasteiger partial charge in [0.2, 0.25) is 5.91 Å². The van der Waals surface area contributed by atoms with E-state index in [4.69, 9.17) is 9.47 Å². The molecule has 4 rings (SSSR count). The average Bonchev–Trinajstić information content (AvgIpc) is 3.54. The Kier molecular flexibility index (Phi) is 7.30. The molecule has 32 heavy (non-hydrogen) atoms. The Balaban J connectivity index is 1.26. The summed E-state index contributed by atoms with van der Waals surface area (Å²) in [7, 11) is 1.65. The van der Waals surface area contributed by atoms with Crippen LogP contribution in [-0.4, -0.2) is 61.0 Å². The second kappa shape index (κ2) is 10.5. The van der Waals surface area contributed by atoms with Gasteiger partial charge in [0.1, 0.15) is 18.1 Å². The number of nitrogens with zero attached hydrogens (tertiary/aromatic N) is 2. The summed E-state index contributed by atoms with van der Waals surface area (Å²) in [5.41, 5.74) is 1.84. The summed E-state index contributed by atoms with van der Waals surface area (Å²) in [5, 5.41) is 0. The standard InChI is InChI=1S/C26H32N2O4/c1-31-23-11-6-20(7-12-23)8-15-25(29)28-18-4-5-22(28)19-32-24-13-9-21(10-14-24)26(30)27-16-2-3-17-27/h6-7,9-14,22H,2-5,8,15-19H2,1H3. The lowest BCUT2D eigenvalue weighted by Gasteiger charge is -2.25. The lowest BCUT2D eigenvalue weighted by molar-refractivity contribution is -0.132. The van der Waals surface area contributed by atoms with E-state index in [-0.39, 0.29) is 17.9 Å². The van der Waals surface area contributed by atoms with Crippen molar-refractivity contribution in [3.8, 4) is 11.5 Å². The predicted molar refractivity (Wildman–Crippen MR) is 123 cm³/mol. The molecule has 1 atom stereocenters. The molecule has 0 aliphatic carbocycles. The average molecular weight is 437 g/mol. The lowest BCUT2D eigenvalue weighted by Crippen LogP contribution is -2.39. The minimum absolute atomic E-state index is 0.0958. The maximum Gasteiger partial charge on any atom is 0.253 e. The van der Waals surface area contributed by atoms with E-state index in [2.05, 4.69) is 0 Å². The number of benzene rings is 2. The van der Waals surface area contributed by atoms with Crippen LogP contribution in [0, 0.1) is 0 Å². The number of likely N-dealkylation sites (tertiary alicyclic amines) is 2. The molecule has 0 bridgehead atoms. The fourth-order valence-corrected chi connectivity index (χ4v) is 4.51. The summed E-state index contributed by atoms with van der Waals surface area (Å²) in [6, 6.07) is 15.4. The van der Waals surface area contributed by atoms with Gasteiger partial charge in [0.15, 0.2) is 0 Å². The van der Waals surface area contributed by atoms with Crippen molar-refractivity contribution in [2.75, 3.05) is 33.4 Å². The molecule has 0 saturated carbocycles. The number of hydrogen-bond donors (Lipinski definition) is 0. The van der Waals surface area contributed by atoms with Crippen LogP contribution in [0.3, 0.4) is 0 Å². The molecule has 6 nitrogen and oxygen atoms in total. The minimum Gasteiger partial charge on any atom is -0.497 e. The first kappa shape index (κ1) is 22.2. The largest absolute Gasteiger partial charge is 0.497 e. The van der Waals surface area contributed by atoms with Crippen molar-refractivity contribution in [1.82, 2.24) is 9.80 Å². The second-order valence-electron chi connectivity index (χ2n) is 8.57. The zero-order valence-corrected chi connectivity index (χ0v) is 18.8. The lowest BCUT2D eigenvalue weighted by atomic mass is 10.1. The molecule has 2 aromatic carbocycles. The molecule has 6 heteroatoms. The van der Waals surface area contributed by atoms with Gasteiger partial charge in [-0.3, -0.25) is 9.59 Å². The number of aryl methyl sites for hydroxylation is 1. The Morgan fingerprint density at radius 3 is 2.28 bits per heavy atom. The molecule has 0 aromatic heterocycles. The third-order valence-electron chi connectivity index (χ3n) is 6.42. The van der Waals surface area contributed by atoms with Crippen LogP contribution in [0.1, 0.15) is 48.0 Å². The van der Waals surface area contributed by atoms with Crippen molar-refractivity contribution in [2.24, 2.45) is 0 Å². The third kappa shape index (κ3) is 5.42. The first-order chi connectivity index (χ1) is 15.6. The quantitative estimate of drug-likeness (QED) is 0.629. The molecule has 2 fully saturated rings. The van der Waals surface area contributed by atoms with Crippen molar-refractivity contribution in [2.45, 2.75) is 44.6 Å². The Morgan fingerprint density at radius 1 is 0.906 bits per heavy atom. The van der Waals surface area contributed by atoms with Gasteiger partial charge < -0.3 is 19.3 Å². The van der Waals surface area contributed by atoms with E-state index in [1.165, 1.54) is 0 Å². The Bertz CT molecular complexity index is 904. The Labute approximate surface area is 190 Å². The predicted octanol–water partition coefficient (Wildman–Crippen LogP) is 3.93. The number of methoxy groups -OCH3 is 1. The van der Waals surface area contributed by atoms with Gasteiger partial charge in [0, 0.05) is 31.6 Å². The van der Waals surface area contributed by atoms with Gasteiger partial charge >= 0.3 is 0 Å². The Morgan fingerprint density at radius 2 is 1.59 bits per heavy atom. The minimum atomic E-state index is 0.0958. The van der Waals surface area contributed by atoms with E-state index in [0.717, 1.165) is 68.8 Å². The van der Waals surface area contributed by atoms with Crippen molar-refractivity contribution >= 4 is 11.8 Å². The monoisotopic (exact) mass is 436 g/mol. The molecule has 2 heterocycles. The van der Waals surface area contributed by atoms with Gasteiger partial charge in [-0.25, -0.2) is 0 Å². The molecule has 170 valence electrons. The molecule has 0 spiro atoms. The highest BCUT2D eigenvalue weighted by Gasteiger charge is 2.29. The van der Waals surface area contributed by atoms with E-state index in [0.29, 0.717) is 18.6 Å². The smallest absolute Gasteiger partial charge is 0.253 e. The van der Waals surface area contributed by atoms with Crippen molar-refractivity contribution in [1.29, 1.82) is 0 Å². The highest BCUT2D eigenvalue weighted by Crippen LogP contribution is 2.22. The number of carbonyl (C=O) groups is 2. The second-order valence-corrected chi connectivity index (χ2v) is 8.57. The van der Waals surface area contributed by atoms with Gasteiger partial charge in [0.05, 0.1) is 13.2 Å². The van der Waals surface area contributed by atoms with E-state index in [9.17, 15) is 9.59 Å². The molecule has 2 aliphatic rings. The van der Waals surface area contributed by atoms with Crippen LogP contribution in [0.15, 0.2) is 48.5 Å². The highest BCUT2D eigenvalue weighted by atomic mass is 16.5. The number of carbonyl (C=O) groups excluding carboxylic acids is 2. The van der Waals surface area contributed by atoms with Crippen molar-refractivity contribution in [3.05, 3.63) is 59.7 Å². The number of amides is 2. The summed E-state index contributed by atoms with van der Waals surface area (Å²) in [4.78, 5) is 29.2. The van der Waals surface area contributed by atoms with Crippen LogP contribution in [0.25, 0.3) is 0 Å². The fourth-order valence-electron chi connectivity index (χ4n) is 4.51. The molecule has 2 amide bonds. The fraction of sp³-hybridized carbons (Fsp3) is 0.462. The van der Waals surface area contributed by atoms with Crippen molar-refractivity contribution in [3.63, 3.8) is 0 Å². The van der Waals surface area contributed by atoms with Crippen LogP contribution < -0.4 is 9.47 Å². The number of ether oxygens (including phenoxy) is 2. The summed E-state index contributed by atoms with van der Waals surface area (Å²) < 4.78 is 11.2. The van der Waals surface area contributed by atoms with Gasteiger partial charge in [-0.1, -0.05) is 12.1 Å². The molecule has 1 unspecified atom stereocenters. The van der Waals surface area contributed by atoms with Gasteiger partial charge in [0.25, 0.3) is 5.91 Å².